The first-order valence-electron chi connectivity index (χ1n) is 8.14. The minimum Gasteiger partial charge on any atom is -0.274 e. The van der Waals surface area contributed by atoms with Gasteiger partial charge in [-0.2, -0.15) is 0 Å². The average Bonchev–Trinajstić information content (AvgIpc) is 3.25. The third kappa shape index (κ3) is 3.35. The molecule has 0 spiro atoms. The number of sulfonamides is 1. The van der Waals surface area contributed by atoms with Crippen LogP contribution in [0.25, 0.3) is 0 Å². The Morgan fingerprint density at radius 2 is 1.68 bits per heavy atom. The first-order valence-corrected chi connectivity index (χ1v) is 9.62. The van der Waals surface area contributed by atoms with Crippen molar-refractivity contribution in [3.63, 3.8) is 0 Å². The van der Waals surface area contributed by atoms with Crippen molar-refractivity contribution in [1.82, 2.24) is 4.72 Å². The molecule has 2 aliphatic rings. The summed E-state index contributed by atoms with van der Waals surface area (Å²) in [4.78, 5) is 12.0. The van der Waals surface area contributed by atoms with E-state index in [4.69, 9.17) is 0 Å². The van der Waals surface area contributed by atoms with Crippen LogP contribution in [0.1, 0.15) is 56.9 Å². The van der Waals surface area contributed by atoms with Gasteiger partial charge in [0.2, 0.25) is 5.91 Å². The van der Waals surface area contributed by atoms with Crippen molar-refractivity contribution in [3.05, 3.63) is 29.8 Å². The lowest BCUT2D eigenvalue weighted by Crippen LogP contribution is -2.32. The highest BCUT2D eigenvalue weighted by molar-refractivity contribution is 7.90. The highest BCUT2D eigenvalue weighted by atomic mass is 32.2. The molecule has 0 saturated heterocycles. The van der Waals surface area contributed by atoms with Crippen molar-refractivity contribution in [1.29, 1.82) is 0 Å². The van der Waals surface area contributed by atoms with E-state index in [1.54, 1.807) is 12.1 Å². The molecule has 22 heavy (non-hydrogen) atoms. The third-order valence-corrected chi connectivity index (χ3v) is 6.31. The van der Waals surface area contributed by atoms with Crippen molar-refractivity contribution in [2.24, 2.45) is 11.8 Å². The summed E-state index contributed by atoms with van der Waals surface area (Å²) < 4.78 is 26.7. The topological polar surface area (TPSA) is 63.2 Å². The molecule has 2 aliphatic carbocycles. The zero-order valence-electron chi connectivity index (χ0n) is 12.9. The quantitative estimate of drug-likeness (QED) is 0.926. The summed E-state index contributed by atoms with van der Waals surface area (Å²) in [6, 6.07) is 7.04. The number of benzene rings is 1. The highest BCUT2D eigenvalue weighted by Crippen LogP contribution is 2.38. The minimum atomic E-state index is -3.73. The Hall–Kier alpha value is -1.36. The maximum absolute atomic E-state index is 12.2. The van der Waals surface area contributed by atoms with Gasteiger partial charge >= 0.3 is 0 Å². The van der Waals surface area contributed by atoms with E-state index in [0.29, 0.717) is 11.8 Å². The van der Waals surface area contributed by atoms with Crippen LogP contribution in [0.4, 0.5) is 0 Å². The number of nitrogens with one attached hydrogen (secondary N) is 1. The Kier molecular flexibility index (Phi) is 4.26. The molecule has 2 atom stereocenters. The van der Waals surface area contributed by atoms with Crippen LogP contribution in [0.3, 0.4) is 0 Å². The van der Waals surface area contributed by atoms with Crippen LogP contribution in [0, 0.1) is 11.8 Å². The molecule has 1 N–H and O–H groups in total. The third-order valence-electron chi connectivity index (χ3n) is 4.95. The van der Waals surface area contributed by atoms with Gasteiger partial charge in [-0.05, 0) is 48.8 Å². The molecule has 2 saturated carbocycles. The van der Waals surface area contributed by atoms with Gasteiger partial charge in [-0.15, -0.1) is 0 Å². The molecule has 1 aromatic rings. The summed E-state index contributed by atoms with van der Waals surface area (Å²) in [6.07, 6.45) is 6.95. The molecule has 2 fully saturated rings. The van der Waals surface area contributed by atoms with Crippen molar-refractivity contribution in [2.75, 3.05) is 0 Å². The molecule has 1 aromatic carbocycles. The van der Waals surface area contributed by atoms with Gasteiger partial charge in [0.15, 0.2) is 0 Å². The van der Waals surface area contributed by atoms with E-state index in [1.165, 1.54) is 37.7 Å². The van der Waals surface area contributed by atoms with Gasteiger partial charge < -0.3 is 0 Å². The van der Waals surface area contributed by atoms with Crippen molar-refractivity contribution in [3.8, 4) is 0 Å². The van der Waals surface area contributed by atoms with Crippen LogP contribution in [0.15, 0.2) is 29.2 Å². The zero-order chi connectivity index (χ0) is 15.7. The van der Waals surface area contributed by atoms with E-state index < -0.39 is 10.0 Å². The Morgan fingerprint density at radius 3 is 2.23 bits per heavy atom. The molecule has 0 aliphatic heterocycles. The van der Waals surface area contributed by atoms with E-state index >= 15 is 0 Å². The smallest absolute Gasteiger partial charge is 0.264 e. The summed E-state index contributed by atoms with van der Waals surface area (Å²) in [5.41, 5.74) is 1.21. The molecule has 0 aromatic heterocycles. The van der Waals surface area contributed by atoms with Gasteiger partial charge in [0, 0.05) is 5.92 Å². The average molecular weight is 321 g/mol. The van der Waals surface area contributed by atoms with E-state index in [-0.39, 0.29) is 16.7 Å². The summed E-state index contributed by atoms with van der Waals surface area (Å²) >= 11 is 0. The second-order valence-electron chi connectivity index (χ2n) is 6.69. The number of amides is 1. The zero-order valence-corrected chi connectivity index (χ0v) is 13.7. The second-order valence-corrected chi connectivity index (χ2v) is 8.38. The summed E-state index contributed by atoms with van der Waals surface area (Å²) in [6.45, 7) is 1.95. The predicted molar refractivity (Wildman–Crippen MR) is 84.9 cm³/mol. The number of hydrogen-bond acceptors (Lipinski definition) is 3. The Labute approximate surface area is 132 Å². The first kappa shape index (κ1) is 15.5. The second kappa shape index (κ2) is 6.03. The highest BCUT2D eigenvalue weighted by Gasteiger charge is 2.40. The number of rotatable bonds is 4. The largest absolute Gasteiger partial charge is 0.274 e. The van der Waals surface area contributed by atoms with Crippen LogP contribution in [0.2, 0.25) is 0 Å². The fourth-order valence-corrected chi connectivity index (χ4v) is 4.34. The van der Waals surface area contributed by atoms with E-state index in [9.17, 15) is 13.2 Å². The molecule has 2 unspecified atom stereocenters. The maximum Gasteiger partial charge on any atom is 0.264 e. The molecule has 120 valence electrons. The van der Waals surface area contributed by atoms with Crippen molar-refractivity contribution in [2.45, 2.75) is 56.3 Å². The fourth-order valence-electron chi connectivity index (χ4n) is 3.31. The van der Waals surface area contributed by atoms with Crippen LogP contribution >= 0.6 is 0 Å². The Morgan fingerprint density at radius 1 is 1.09 bits per heavy atom. The van der Waals surface area contributed by atoms with Gasteiger partial charge in [0.25, 0.3) is 10.0 Å². The number of carbonyl (C=O) groups excluding carboxylic acids is 1. The molecule has 1 amide bonds. The number of hydrogen-bond donors (Lipinski definition) is 1. The van der Waals surface area contributed by atoms with Crippen LogP contribution in [0.5, 0.6) is 0 Å². The van der Waals surface area contributed by atoms with Gasteiger partial charge in [-0.1, -0.05) is 38.3 Å². The van der Waals surface area contributed by atoms with E-state index in [0.717, 1.165) is 6.42 Å². The maximum atomic E-state index is 12.2. The van der Waals surface area contributed by atoms with Gasteiger partial charge in [0.1, 0.15) is 0 Å². The lowest BCUT2D eigenvalue weighted by Gasteiger charge is -2.22. The van der Waals surface area contributed by atoms with Crippen molar-refractivity contribution < 1.29 is 13.2 Å². The first-order chi connectivity index (χ1) is 10.5. The summed E-state index contributed by atoms with van der Waals surface area (Å²) in [5.74, 6) is 0.330. The van der Waals surface area contributed by atoms with Gasteiger partial charge in [0.05, 0.1) is 4.90 Å². The molecule has 3 rings (SSSR count). The number of carbonyl (C=O) groups is 1. The summed E-state index contributed by atoms with van der Waals surface area (Å²) in [5, 5.41) is 0. The van der Waals surface area contributed by atoms with Crippen LogP contribution < -0.4 is 4.72 Å². The molecular weight excluding hydrogens is 298 g/mol. The normalized spacial score (nSPS) is 25.7. The Bertz CT molecular complexity index is 645. The standard InChI is InChI=1S/C17H23NO3S/c1-12-11-16(12)17(19)18-22(20,21)15-9-7-14(8-10-15)13-5-3-2-4-6-13/h7-10,12-13,16H,2-6,11H2,1H3,(H,18,19). The van der Waals surface area contributed by atoms with Crippen molar-refractivity contribution >= 4 is 15.9 Å². The molecule has 5 heteroatoms. The minimum absolute atomic E-state index is 0.142. The Balaban J connectivity index is 1.69. The molecular formula is C17H23NO3S. The predicted octanol–water partition coefficient (Wildman–Crippen LogP) is 3.20. The molecule has 4 nitrogen and oxygen atoms in total. The van der Waals surface area contributed by atoms with Crippen LogP contribution in [-0.4, -0.2) is 14.3 Å². The van der Waals surface area contributed by atoms with E-state index in [2.05, 4.69) is 4.72 Å². The van der Waals surface area contributed by atoms with Gasteiger partial charge in [-0.3, -0.25) is 4.79 Å². The lowest BCUT2D eigenvalue weighted by atomic mass is 9.84. The monoisotopic (exact) mass is 321 g/mol. The molecule has 0 bridgehead atoms. The van der Waals surface area contributed by atoms with Gasteiger partial charge in [-0.25, -0.2) is 13.1 Å². The van der Waals surface area contributed by atoms with E-state index in [1.807, 2.05) is 19.1 Å². The SMILES string of the molecule is CC1CC1C(=O)NS(=O)(=O)c1ccc(C2CCCCC2)cc1. The lowest BCUT2D eigenvalue weighted by molar-refractivity contribution is -0.120. The molecule has 0 heterocycles. The van der Waals surface area contributed by atoms with Crippen LogP contribution in [-0.2, 0) is 14.8 Å². The fraction of sp³-hybridized carbons (Fsp3) is 0.588. The summed E-state index contributed by atoms with van der Waals surface area (Å²) in [7, 11) is -3.73. The molecule has 0 radical (unpaired) electrons.